The Morgan fingerprint density at radius 3 is 3.08 bits per heavy atom. The second-order valence-electron chi connectivity index (χ2n) is 2.41. The number of H-pyrrole nitrogens is 1. The molecule has 62 valence electrons. The number of fused-ring (bicyclic) bond motifs is 1. The van der Waals surface area contributed by atoms with Gasteiger partial charge >= 0.3 is 0 Å². The molecule has 0 unspecified atom stereocenters. The number of rotatable bonds is 0. The van der Waals surface area contributed by atoms with Gasteiger partial charge in [0.15, 0.2) is 5.65 Å². The highest BCUT2D eigenvalue weighted by molar-refractivity contribution is 5.75. The van der Waals surface area contributed by atoms with Gasteiger partial charge in [-0.15, -0.1) is 0 Å². The van der Waals surface area contributed by atoms with Crippen molar-refractivity contribution in [3.8, 4) is 0 Å². The van der Waals surface area contributed by atoms with E-state index in [0.29, 0.717) is 11.0 Å². The van der Waals surface area contributed by atoms with Crippen molar-refractivity contribution in [1.82, 2.24) is 14.6 Å². The van der Waals surface area contributed by atoms with Crippen LogP contribution in [0, 0.1) is 0 Å². The van der Waals surface area contributed by atoms with Crippen LogP contribution in [0.3, 0.4) is 0 Å². The smallest absolute Gasteiger partial charge is 0.261 e. The second-order valence-corrected chi connectivity index (χ2v) is 2.41. The standard InChI is InChI=1S/C6H7N5O/c7-6-9-4-3(5(12)10-6)1-2-11(4)8/h1-2H,8H2,(H3,7,9,10,12). The van der Waals surface area contributed by atoms with Gasteiger partial charge in [0.05, 0.1) is 5.39 Å². The van der Waals surface area contributed by atoms with Crippen LogP contribution in [0.2, 0.25) is 0 Å². The van der Waals surface area contributed by atoms with E-state index in [4.69, 9.17) is 11.6 Å². The molecule has 2 aromatic rings. The van der Waals surface area contributed by atoms with Crippen LogP contribution < -0.4 is 17.1 Å². The molecule has 6 nitrogen and oxygen atoms in total. The Hall–Kier alpha value is -1.98. The molecule has 0 saturated carbocycles. The molecule has 0 bridgehead atoms. The maximum Gasteiger partial charge on any atom is 0.261 e. The van der Waals surface area contributed by atoms with Crippen molar-refractivity contribution in [3.05, 3.63) is 22.6 Å². The molecule has 0 aromatic carbocycles. The highest BCUT2D eigenvalue weighted by Gasteiger charge is 2.04. The van der Waals surface area contributed by atoms with Crippen LogP contribution in [-0.2, 0) is 0 Å². The van der Waals surface area contributed by atoms with Gasteiger partial charge in [-0.1, -0.05) is 0 Å². The quantitative estimate of drug-likeness (QED) is 0.436. The van der Waals surface area contributed by atoms with Crippen LogP contribution in [0.4, 0.5) is 5.95 Å². The Morgan fingerprint density at radius 1 is 1.58 bits per heavy atom. The zero-order chi connectivity index (χ0) is 8.72. The van der Waals surface area contributed by atoms with Gasteiger partial charge in [-0.05, 0) is 6.07 Å². The molecule has 6 heteroatoms. The summed E-state index contributed by atoms with van der Waals surface area (Å²) in [5.41, 5.74) is 5.43. The molecule has 5 N–H and O–H groups in total. The van der Waals surface area contributed by atoms with E-state index in [-0.39, 0.29) is 11.5 Å². The summed E-state index contributed by atoms with van der Waals surface area (Å²) < 4.78 is 1.25. The summed E-state index contributed by atoms with van der Waals surface area (Å²) in [4.78, 5) is 17.4. The number of aromatic nitrogens is 3. The van der Waals surface area contributed by atoms with Gasteiger partial charge in [-0.3, -0.25) is 14.5 Å². The van der Waals surface area contributed by atoms with E-state index in [9.17, 15) is 4.79 Å². The summed E-state index contributed by atoms with van der Waals surface area (Å²) in [6.45, 7) is 0. The van der Waals surface area contributed by atoms with Crippen molar-refractivity contribution in [2.75, 3.05) is 11.6 Å². The Morgan fingerprint density at radius 2 is 2.33 bits per heavy atom. The van der Waals surface area contributed by atoms with Crippen molar-refractivity contribution in [2.24, 2.45) is 0 Å². The molecule has 0 amide bonds. The molecule has 0 aliphatic heterocycles. The zero-order valence-electron chi connectivity index (χ0n) is 6.11. The third kappa shape index (κ3) is 0.746. The molecule has 0 fully saturated rings. The van der Waals surface area contributed by atoms with Gasteiger partial charge in [0.1, 0.15) is 0 Å². The first-order chi connectivity index (χ1) is 5.68. The molecule has 2 rings (SSSR count). The normalized spacial score (nSPS) is 10.7. The van der Waals surface area contributed by atoms with Crippen molar-refractivity contribution < 1.29 is 0 Å². The number of nitrogens with zero attached hydrogens (tertiary/aromatic N) is 2. The molecule has 2 aromatic heterocycles. The van der Waals surface area contributed by atoms with Crippen molar-refractivity contribution in [2.45, 2.75) is 0 Å². The summed E-state index contributed by atoms with van der Waals surface area (Å²) in [5.74, 6) is 5.53. The number of aromatic amines is 1. The van der Waals surface area contributed by atoms with Crippen molar-refractivity contribution >= 4 is 17.0 Å². The van der Waals surface area contributed by atoms with E-state index in [2.05, 4.69) is 9.97 Å². The van der Waals surface area contributed by atoms with Crippen LogP contribution in [0.5, 0.6) is 0 Å². The number of nitrogens with one attached hydrogen (secondary N) is 1. The fourth-order valence-electron chi connectivity index (χ4n) is 1.06. The second kappa shape index (κ2) is 2.00. The van der Waals surface area contributed by atoms with Gasteiger partial charge in [0.25, 0.3) is 5.56 Å². The molecule has 12 heavy (non-hydrogen) atoms. The van der Waals surface area contributed by atoms with E-state index < -0.39 is 0 Å². The van der Waals surface area contributed by atoms with E-state index in [1.54, 1.807) is 12.3 Å². The Bertz CT molecular complexity index is 482. The molecular weight excluding hydrogens is 158 g/mol. The largest absolute Gasteiger partial charge is 0.369 e. The number of anilines is 1. The lowest BCUT2D eigenvalue weighted by Gasteiger charge is -1.95. The molecule has 0 aliphatic rings. The van der Waals surface area contributed by atoms with Crippen molar-refractivity contribution in [1.29, 1.82) is 0 Å². The topological polar surface area (TPSA) is 103 Å². The SMILES string of the molecule is Nc1nc2c(ccn2N)c(=O)[nH]1. The third-order valence-electron chi connectivity index (χ3n) is 1.60. The molecular formula is C6H7N5O. The number of nitrogens with two attached hydrogens (primary N) is 2. The van der Waals surface area contributed by atoms with Crippen LogP contribution >= 0.6 is 0 Å². The summed E-state index contributed by atoms with van der Waals surface area (Å²) >= 11 is 0. The molecule has 0 spiro atoms. The minimum Gasteiger partial charge on any atom is -0.369 e. The first-order valence-corrected chi connectivity index (χ1v) is 3.30. The van der Waals surface area contributed by atoms with Gasteiger partial charge < -0.3 is 11.6 Å². The third-order valence-corrected chi connectivity index (χ3v) is 1.60. The summed E-state index contributed by atoms with van der Waals surface area (Å²) in [5, 5.41) is 0.437. The maximum atomic E-state index is 11.2. The molecule has 2 heterocycles. The fourth-order valence-corrected chi connectivity index (χ4v) is 1.06. The minimum absolute atomic E-state index is 0.0675. The minimum atomic E-state index is -0.276. The Balaban J connectivity index is 3.03. The fraction of sp³-hybridized carbons (Fsp3) is 0. The molecule has 0 atom stereocenters. The number of nitrogen functional groups attached to an aromatic ring is 2. The van der Waals surface area contributed by atoms with E-state index in [1.165, 1.54) is 4.68 Å². The van der Waals surface area contributed by atoms with Gasteiger partial charge in [-0.2, -0.15) is 4.98 Å². The average Bonchev–Trinajstić information content (AvgIpc) is 2.33. The molecule has 0 radical (unpaired) electrons. The van der Waals surface area contributed by atoms with E-state index >= 15 is 0 Å². The number of hydrogen-bond acceptors (Lipinski definition) is 4. The lowest BCUT2D eigenvalue weighted by atomic mass is 10.4. The first kappa shape index (κ1) is 6.71. The zero-order valence-corrected chi connectivity index (χ0v) is 6.11. The van der Waals surface area contributed by atoms with Gasteiger partial charge in [0.2, 0.25) is 5.95 Å². The van der Waals surface area contributed by atoms with Crippen LogP contribution in [0.25, 0.3) is 11.0 Å². The van der Waals surface area contributed by atoms with Crippen molar-refractivity contribution in [3.63, 3.8) is 0 Å². The number of hydrogen-bond donors (Lipinski definition) is 3. The van der Waals surface area contributed by atoms with Crippen LogP contribution in [0.1, 0.15) is 0 Å². The van der Waals surface area contributed by atoms with E-state index in [0.717, 1.165) is 0 Å². The maximum absolute atomic E-state index is 11.2. The van der Waals surface area contributed by atoms with Gasteiger partial charge in [-0.25, -0.2) is 0 Å². The predicted molar refractivity (Wildman–Crippen MR) is 44.9 cm³/mol. The first-order valence-electron chi connectivity index (χ1n) is 3.30. The predicted octanol–water partition coefficient (Wildman–Crippen LogP) is -0.979. The monoisotopic (exact) mass is 165 g/mol. The molecule has 0 saturated heterocycles. The lowest BCUT2D eigenvalue weighted by Crippen LogP contribution is -2.14. The highest BCUT2D eigenvalue weighted by atomic mass is 16.1. The summed E-state index contributed by atoms with van der Waals surface area (Å²) in [7, 11) is 0. The highest BCUT2D eigenvalue weighted by Crippen LogP contribution is 2.05. The van der Waals surface area contributed by atoms with Crippen LogP contribution in [-0.4, -0.2) is 14.6 Å². The summed E-state index contributed by atoms with van der Waals surface area (Å²) in [6, 6.07) is 1.58. The van der Waals surface area contributed by atoms with E-state index in [1.807, 2.05) is 0 Å². The van der Waals surface area contributed by atoms with Crippen LogP contribution in [0.15, 0.2) is 17.1 Å². The van der Waals surface area contributed by atoms with Gasteiger partial charge in [0, 0.05) is 6.20 Å². The average molecular weight is 165 g/mol. The Labute approximate surface area is 66.8 Å². The molecule has 0 aliphatic carbocycles. The lowest BCUT2D eigenvalue weighted by molar-refractivity contribution is 1.03. The summed E-state index contributed by atoms with van der Waals surface area (Å²) in [6.07, 6.45) is 1.55. The Kier molecular flexibility index (Phi) is 1.12.